The summed E-state index contributed by atoms with van der Waals surface area (Å²) in [4.78, 5) is 0. The van der Waals surface area contributed by atoms with Crippen LogP contribution in [0.2, 0.25) is 0 Å². The average Bonchev–Trinajstić information content (AvgIpc) is 3.49. The fourth-order valence-corrected chi connectivity index (χ4v) is 3.86. The Hall–Kier alpha value is -3.01. The molecule has 1 saturated carbocycles. The number of ether oxygens (including phenoxy) is 1. The van der Waals surface area contributed by atoms with E-state index in [0.29, 0.717) is 11.5 Å². The summed E-state index contributed by atoms with van der Waals surface area (Å²) < 4.78 is 7.70. The summed E-state index contributed by atoms with van der Waals surface area (Å²) in [6.07, 6.45) is 1.64. The predicted octanol–water partition coefficient (Wildman–Crippen LogP) is 4.28. The van der Waals surface area contributed by atoms with E-state index in [1.54, 1.807) is 7.11 Å². The van der Waals surface area contributed by atoms with Crippen molar-refractivity contribution in [2.24, 2.45) is 5.92 Å². The molecular formula is C24H28N4O2. The second-order valence-electron chi connectivity index (χ2n) is 8.22. The molecule has 2 aromatic carbocycles. The van der Waals surface area contributed by atoms with E-state index in [9.17, 15) is 10.4 Å². The minimum atomic E-state index is -0.820. The SMILES string of the molecule is COc1ccc2c(C#N)c(-c3ccc(NC(O)NC(C)C)cc3)n(CC3CC3)c2c1. The molecule has 1 atom stereocenters. The second-order valence-corrected chi connectivity index (χ2v) is 8.22. The van der Waals surface area contributed by atoms with E-state index in [0.717, 1.165) is 40.1 Å². The van der Waals surface area contributed by atoms with Gasteiger partial charge in [0.1, 0.15) is 11.8 Å². The van der Waals surface area contributed by atoms with Crippen LogP contribution in [0.5, 0.6) is 5.75 Å². The monoisotopic (exact) mass is 404 g/mol. The van der Waals surface area contributed by atoms with E-state index in [1.165, 1.54) is 12.8 Å². The standard InChI is InChI=1S/C24H28N4O2/c1-15(2)26-24(29)27-18-8-6-17(7-9-18)23-21(13-25)20-11-10-19(30-3)12-22(20)28(23)14-16-4-5-16/h6-12,15-16,24,26-27,29H,4-5,14H2,1-3H3. The number of aromatic nitrogens is 1. The second kappa shape index (κ2) is 8.39. The molecule has 1 heterocycles. The number of hydrogen-bond donors (Lipinski definition) is 3. The first-order valence-electron chi connectivity index (χ1n) is 10.4. The molecule has 1 aromatic heterocycles. The Labute approximate surface area is 177 Å². The molecule has 0 radical (unpaired) electrons. The van der Waals surface area contributed by atoms with Crippen LogP contribution >= 0.6 is 0 Å². The van der Waals surface area contributed by atoms with E-state index in [1.807, 2.05) is 56.3 Å². The Morgan fingerprint density at radius 3 is 2.53 bits per heavy atom. The number of methoxy groups -OCH3 is 1. The van der Waals surface area contributed by atoms with Gasteiger partial charge in [-0.3, -0.25) is 5.32 Å². The Morgan fingerprint density at radius 2 is 1.93 bits per heavy atom. The molecular weight excluding hydrogens is 376 g/mol. The van der Waals surface area contributed by atoms with Crippen LogP contribution in [0.15, 0.2) is 42.5 Å². The Kier molecular flexibility index (Phi) is 5.67. The number of nitrogens with zero attached hydrogens (tertiary/aromatic N) is 2. The minimum absolute atomic E-state index is 0.167. The number of aliphatic hydroxyl groups is 1. The molecule has 0 saturated heterocycles. The van der Waals surface area contributed by atoms with Gasteiger partial charge in [-0.15, -0.1) is 0 Å². The van der Waals surface area contributed by atoms with Crippen LogP contribution in [0.4, 0.5) is 5.69 Å². The van der Waals surface area contributed by atoms with Crippen molar-refractivity contribution in [1.29, 1.82) is 5.26 Å². The summed E-state index contributed by atoms with van der Waals surface area (Å²) >= 11 is 0. The third kappa shape index (κ3) is 4.13. The van der Waals surface area contributed by atoms with E-state index in [4.69, 9.17) is 4.74 Å². The highest BCUT2D eigenvalue weighted by Crippen LogP contribution is 2.39. The van der Waals surface area contributed by atoms with E-state index < -0.39 is 6.35 Å². The van der Waals surface area contributed by atoms with Crippen molar-refractivity contribution in [3.05, 3.63) is 48.0 Å². The molecule has 1 aliphatic carbocycles. The Morgan fingerprint density at radius 1 is 1.20 bits per heavy atom. The fourth-order valence-electron chi connectivity index (χ4n) is 3.86. The number of benzene rings is 2. The number of nitriles is 1. The average molecular weight is 405 g/mol. The van der Waals surface area contributed by atoms with Gasteiger partial charge in [0, 0.05) is 29.7 Å². The zero-order valence-corrected chi connectivity index (χ0v) is 17.6. The molecule has 3 aromatic rings. The molecule has 0 spiro atoms. The molecule has 3 N–H and O–H groups in total. The lowest BCUT2D eigenvalue weighted by Gasteiger charge is -2.18. The number of nitrogens with one attached hydrogen (secondary N) is 2. The van der Waals surface area contributed by atoms with Gasteiger partial charge in [-0.25, -0.2) is 0 Å². The van der Waals surface area contributed by atoms with Crippen molar-refractivity contribution < 1.29 is 9.84 Å². The van der Waals surface area contributed by atoms with E-state index in [2.05, 4.69) is 21.3 Å². The van der Waals surface area contributed by atoms with Crippen molar-refractivity contribution in [3.63, 3.8) is 0 Å². The van der Waals surface area contributed by atoms with E-state index >= 15 is 0 Å². The molecule has 4 rings (SSSR count). The topological polar surface area (TPSA) is 82.2 Å². The number of rotatable bonds is 8. The van der Waals surface area contributed by atoms with Crippen LogP contribution in [0.3, 0.4) is 0 Å². The summed E-state index contributed by atoms with van der Waals surface area (Å²) in [5, 5.41) is 27.0. The number of aliphatic hydroxyl groups excluding tert-OH is 1. The van der Waals surface area contributed by atoms with E-state index in [-0.39, 0.29) is 6.04 Å². The molecule has 6 nitrogen and oxygen atoms in total. The summed E-state index contributed by atoms with van der Waals surface area (Å²) in [6, 6.07) is 16.4. The zero-order valence-electron chi connectivity index (χ0n) is 17.6. The van der Waals surface area contributed by atoms with Gasteiger partial charge in [0.2, 0.25) is 0 Å². The molecule has 0 bridgehead atoms. The van der Waals surface area contributed by atoms with Gasteiger partial charge in [0.15, 0.2) is 6.35 Å². The molecule has 1 fully saturated rings. The quantitative estimate of drug-likeness (QED) is 0.488. The van der Waals surface area contributed by atoms with Gasteiger partial charge in [0.25, 0.3) is 0 Å². The molecule has 0 aliphatic heterocycles. The van der Waals surface area contributed by atoms with Crippen LogP contribution in [0.25, 0.3) is 22.2 Å². The Bertz CT molecular complexity index is 1080. The first-order chi connectivity index (χ1) is 14.5. The van der Waals surface area contributed by atoms with Crippen LogP contribution in [0.1, 0.15) is 32.3 Å². The number of fused-ring (bicyclic) bond motifs is 1. The highest BCUT2D eigenvalue weighted by Gasteiger charge is 2.26. The first-order valence-corrected chi connectivity index (χ1v) is 10.4. The smallest absolute Gasteiger partial charge is 0.181 e. The summed E-state index contributed by atoms with van der Waals surface area (Å²) in [5.41, 5.74) is 4.46. The third-order valence-electron chi connectivity index (χ3n) is 5.47. The zero-order chi connectivity index (χ0) is 21.3. The van der Waals surface area contributed by atoms with Crippen molar-refractivity contribution in [2.75, 3.05) is 12.4 Å². The molecule has 30 heavy (non-hydrogen) atoms. The summed E-state index contributed by atoms with van der Waals surface area (Å²) in [7, 11) is 1.66. The van der Waals surface area contributed by atoms with Gasteiger partial charge in [0.05, 0.1) is 23.9 Å². The summed E-state index contributed by atoms with van der Waals surface area (Å²) in [5.74, 6) is 1.45. The van der Waals surface area contributed by atoms with Gasteiger partial charge in [-0.1, -0.05) is 12.1 Å². The van der Waals surface area contributed by atoms with Gasteiger partial charge in [-0.2, -0.15) is 5.26 Å². The van der Waals surface area contributed by atoms with Gasteiger partial charge in [-0.05, 0) is 62.4 Å². The van der Waals surface area contributed by atoms with Crippen LogP contribution in [-0.2, 0) is 6.54 Å². The lowest BCUT2D eigenvalue weighted by molar-refractivity contribution is 0.155. The third-order valence-corrected chi connectivity index (χ3v) is 5.47. The molecule has 0 amide bonds. The fraction of sp³-hybridized carbons (Fsp3) is 0.375. The largest absolute Gasteiger partial charge is 0.497 e. The lowest BCUT2D eigenvalue weighted by Crippen LogP contribution is -2.40. The molecule has 1 unspecified atom stereocenters. The molecule has 1 aliphatic rings. The van der Waals surface area contributed by atoms with Gasteiger partial charge < -0.3 is 19.7 Å². The van der Waals surface area contributed by atoms with Crippen molar-refractivity contribution >= 4 is 16.6 Å². The highest BCUT2D eigenvalue weighted by atomic mass is 16.5. The maximum absolute atomic E-state index is 10.1. The van der Waals surface area contributed by atoms with Crippen LogP contribution in [0, 0.1) is 17.2 Å². The Balaban J connectivity index is 1.74. The first kappa shape index (κ1) is 20.3. The van der Waals surface area contributed by atoms with Crippen molar-refractivity contribution in [3.8, 4) is 23.1 Å². The van der Waals surface area contributed by atoms with Gasteiger partial charge >= 0.3 is 0 Å². The van der Waals surface area contributed by atoms with Crippen LogP contribution in [-0.4, -0.2) is 29.2 Å². The normalized spacial score (nSPS) is 14.7. The predicted molar refractivity (Wildman–Crippen MR) is 119 cm³/mol. The maximum atomic E-state index is 10.1. The number of anilines is 1. The molecule has 6 heteroatoms. The lowest BCUT2D eigenvalue weighted by atomic mass is 10.1. The maximum Gasteiger partial charge on any atom is 0.181 e. The van der Waals surface area contributed by atoms with Crippen molar-refractivity contribution in [1.82, 2.24) is 9.88 Å². The summed E-state index contributed by atoms with van der Waals surface area (Å²) in [6.45, 7) is 4.86. The molecule has 156 valence electrons. The highest BCUT2D eigenvalue weighted by molar-refractivity contribution is 5.95. The number of hydrogen-bond acceptors (Lipinski definition) is 5. The van der Waals surface area contributed by atoms with Crippen molar-refractivity contribution in [2.45, 2.75) is 45.6 Å². The van der Waals surface area contributed by atoms with Crippen LogP contribution < -0.4 is 15.4 Å². The minimum Gasteiger partial charge on any atom is -0.497 e.